The van der Waals surface area contributed by atoms with Crippen molar-refractivity contribution in [2.24, 2.45) is 0 Å². The summed E-state index contributed by atoms with van der Waals surface area (Å²) in [5, 5.41) is 18.0. The van der Waals surface area contributed by atoms with Crippen LogP contribution in [0.5, 0.6) is 0 Å². The quantitative estimate of drug-likeness (QED) is 0.874. The van der Waals surface area contributed by atoms with Crippen LogP contribution < -0.4 is 4.90 Å². The highest BCUT2D eigenvalue weighted by Gasteiger charge is 2.33. The molecule has 104 valence electrons. The van der Waals surface area contributed by atoms with E-state index >= 15 is 0 Å². The Morgan fingerprint density at radius 3 is 2.80 bits per heavy atom. The van der Waals surface area contributed by atoms with E-state index in [0.29, 0.717) is 5.56 Å². The maximum atomic E-state index is 11.7. The molecule has 1 atom stereocenters. The van der Waals surface area contributed by atoms with E-state index < -0.39 is 6.10 Å². The Morgan fingerprint density at radius 1 is 1.35 bits per heavy atom. The highest BCUT2D eigenvalue weighted by Crippen LogP contribution is 2.40. The third-order valence-electron chi connectivity index (χ3n) is 2.99. The van der Waals surface area contributed by atoms with Crippen LogP contribution in [0.2, 0.25) is 0 Å². The number of amides is 1. The highest BCUT2D eigenvalue weighted by atomic mass is 32.2. The summed E-state index contributed by atoms with van der Waals surface area (Å²) in [4.78, 5) is 14.2. The van der Waals surface area contributed by atoms with Gasteiger partial charge in [-0.15, -0.1) is 10.2 Å². The minimum Gasteiger partial charge on any atom is -0.378 e. The first-order valence-electron chi connectivity index (χ1n) is 5.75. The lowest BCUT2D eigenvalue weighted by Gasteiger charge is -2.10. The molecule has 1 aliphatic rings. The van der Waals surface area contributed by atoms with Gasteiger partial charge in [-0.05, 0) is 18.4 Å². The monoisotopic (exact) mass is 325 g/mol. The third kappa shape index (κ3) is 2.32. The summed E-state index contributed by atoms with van der Waals surface area (Å²) in [6, 6.07) is 5.58. The van der Waals surface area contributed by atoms with Gasteiger partial charge in [-0.25, -0.2) is 0 Å². The predicted octanol–water partition coefficient (Wildman–Crippen LogP) is 2.42. The van der Waals surface area contributed by atoms with Crippen LogP contribution in [-0.4, -0.2) is 34.5 Å². The van der Waals surface area contributed by atoms with E-state index in [2.05, 4.69) is 10.2 Å². The number of anilines is 1. The van der Waals surface area contributed by atoms with Crippen molar-refractivity contribution in [3.63, 3.8) is 0 Å². The van der Waals surface area contributed by atoms with Crippen molar-refractivity contribution in [2.45, 2.75) is 19.7 Å². The number of aliphatic hydroxyl groups is 1. The predicted molar refractivity (Wildman–Crippen MR) is 80.6 cm³/mol. The van der Waals surface area contributed by atoms with Crippen LogP contribution in [0, 0.1) is 0 Å². The number of thioether (sulfide) groups is 1. The van der Waals surface area contributed by atoms with E-state index in [-0.39, 0.29) is 5.91 Å². The number of aromatic nitrogens is 2. The van der Waals surface area contributed by atoms with Crippen LogP contribution in [0.3, 0.4) is 0 Å². The summed E-state index contributed by atoms with van der Waals surface area (Å²) in [6.45, 7) is 0. The van der Waals surface area contributed by atoms with E-state index in [1.165, 1.54) is 28.0 Å². The number of benzene rings is 1. The first-order chi connectivity index (χ1) is 9.60. The molecule has 0 bridgehead atoms. The van der Waals surface area contributed by atoms with Gasteiger partial charge in [0.05, 0.1) is 5.69 Å². The molecule has 1 aliphatic heterocycles. The van der Waals surface area contributed by atoms with Gasteiger partial charge in [-0.3, -0.25) is 4.79 Å². The van der Waals surface area contributed by atoms with Gasteiger partial charge in [-0.2, -0.15) is 0 Å². The second-order valence-electron chi connectivity index (χ2n) is 4.16. The zero-order chi connectivity index (χ0) is 14.3. The van der Waals surface area contributed by atoms with Gasteiger partial charge in [0.2, 0.25) is 0 Å². The average Bonchev–Trinajstić information content (AvgIpc) is 2.99. The lowest BCUT2D eigenvalue weighted by molar-refractivity contribution is -0.125. The molecule has 8 heteroatoms. The summed E-state index contributed by atoms with van der Waals surface area (Å²) < 4.78 is 1.79. The van der Waals surface area contributed by atoms with Crippen molar-refractivity contribution in [2.75, 3.05) is 18.2 Å². The molecule has 20 heavy (non-hydrogen) atoms. The number of likely N-dealkylation sites (N-methyl/N-ethyl adjacent to an activating group) is 1. The molecule has 1 amide bonds. The molecule has 0 aliphatic carbocycles. The average molecular weight is 325 g/mol. The van der Waals surface area contributed by atoms with Gasteiger partial charge in [0, 0.05) is 17.5 Å². The van der Waals surface area contributed by atoms with Crippen molar-refractivity contribution >= 4 is 46.5 Å². The SMILES string of the molecule is CSc1nnc(Sc2ccc3c(c2)N(C)C(=O)C3O)s1. The molecular formula is C12H11N3O2S3. The molecule has 0 fully saturated rings. The molecule has 2 heterocycles. The van der Waals surface area contributed by atoms with Gasteiger partial charge < -0.3 is 10.0 Å². The van der Waals surface area contributed by atoms with Crippen LogP contribution in [0.25, 0.3) is 0 Å². The number of rotatable bonds is 3. The molecular weight excluding hydrogens is 314 g/mol. The summed E-state index contributed by atoms with van der Waals surface area (Å²) >= 11 is 4.61. The Morgan fingerprint density at radius 2 is 2.10 bits per heavy atom. The van der Waals surface area contributed by atoms with Crippen molar-refractivity contribution < 1.29 is 9.90 Å². The first-order valence-corrected chi connectivity index (χ1v) is 8.61. The van der Waals surface area contributed by atoms with Crippen LogP contribution in [0.4, 0.5) is 5.69 Å². The van der Waals surface area contributed by atoms with Gasteiger partial charge in [0.1, 0.15) is 0 Å². The number of nitrogens with zero attached hydrogens (tertiary/aromatic N) is 3. The fourth-order valence-corrected chi connectivity index (χ4v) is 4.41. The number of carbonyl (C=O) groups excluding carboxylic acids is 1. The molecule has 2 aromatic rings. The van der Waals surface area contributed by atoms with E-state index in [9.17, 15) is 9.90 Å². The Kier molecular flexibility index (Phi) is 3.72. The largest absolute Gasteiger partial charge is 0.378 e. The lowest BCUT2D eigenvalue weighted by atomic mass is 10.1. The van der Waals surface area contributed by atoms with Crippen molar-refractivity contribution in [1.82, 2.24) is 10.2 Å². The van der Waals surface area contributed by atoms with Crippen molar-refractivity contribution in [1.29, 1.82) is 0 Å². The highest BCUT2D eigenvalue weighted by molar-refractivity contribution is 8.03. The molecule has 1 unspecified atom stereocenters. The standard InChI is InChI=1S/C12H11N3O2S3/c1-15-8-5-6(3-4-7(8)9(16)10(15)17)19-12-14-13-11(18-2)20-12/h3-5,9,16H,1-2H3. The number of aliphatic hydroxyl groups excluding tert-OH is 1. The Bertz CT molecular complexity index is 674. The van der Waals surface area contributed by atoms with Crippen LogP contribution in [0.15, 0.2) is 31.8 Å². The molecule has 1 N–H and O–H groups in total. The summed E-state index contributed by atoms with van der Waals surface area (Å²) in [7, 11) is 1.67. The van der Waals surface area contributed by atoms with Crippen molar-refractivity contribution in [3.8, 4) is 0 Å². The van der Waals surface area contributed by atoms with E-state index in [1.807, 2.05) is 18.4 Å². The van der Waals surface area contributed by atoms with Crippen LogP contribution in [-0.2, 0) is 4.79 Å². The lowest BCUT2D eigenvalue weighted by Crippen LogP contribution is -2.23. The first kappa shape index (κ1) is 13.9. The topological polar surface area (TPSA) is 66.3 Å². The molecule has 0 spiro atoms. The third-order valence-corrected chi connectivity index (χ3v) is 5.93. The van der Waals surface area contributed by atoms with Gasteiger partial charge >= 0.3 is 0 Å². The van der Waals surface area contributed by atoms with Crippen LogP contribution >= 0.6 is 34.9 Å². The van der Waals surface area contributed by atoms with Gasteiger partial charge in [-0.1, -0.05) is 40.9 Å². The molecule has 1 aromatic carbocycles. The van der Waals surface area contributed by atoms with Crippen molar-refractivity contribution in [3.05, 3.63) is 23.8 Å². The van der Waals surface area contributed by atoms with Gasteiger partial charge in [0.25, 0.3) is 5.91 Å². The minimum atomic E-state index is -1.04. The summed E-state index contributed by atoms with van der Waals surface area (Å²) in [5.74, 6) is -0.289. The fourth-order valence-electron chi connectivity index (χ4n) is 1.97. The zero-order valence-corrected chi connectivity index (χ0v) is 13.2. The normalized spacial score (nSPS) is 17.6. The number of fused-ring (bicyclic) bond motifs is 1. The second kappa shape index (κ2) is 5.36. The Hall–Kier alpha value is -1.09. The fraction of sp³-hybridized carbons (Fsp3) is 0.250. The van der Waals surface area contributed by atoms with Gasteiger partial charge in [0.15, 0.2) is 14.8 Å². The molecule has 0 radical (unpaired) electrons. The number of hydrogen-bond donors (Lipinski definition) is 1. The number of hydrogen-bond acceptors (Lipinski definition) is 7. The number of carbonyl (C=O) groups is 1. The summed E-state index contributed by atoms with van der Waals surface area (Å²) in [6.07, 6.45) is 0.922. The van der Waals surface area contributed by atoms with Crippen LogP contribution in [0.1, 0.15) is 11.7 Å². The van der Waals surface area contributed by atoms with E-state index in [0.717, 1.165) is 19.3 Å². The Labute approximate surface area is 128 Å². The molecule has 0 saturated heterocycles. The maximum Gasteiger partial charge on any atom is 0.260 e. The molecule has 0 saturated carbocycles. The summed E-state index contributed by atoms with van der Waals surface area (Å²) in [5.41, 5.74) is 1.41. The maximum absolute atomic E-state index is 11.7. The van der Waals surface area contributed by atoms with E-state index in [4.69, 9.17) is 0 Å². The minimum absolute atomic E-state index is 0.289. The molecule has 5 nitrogen and oxygen atoms in total. The second-order valence-corrected chi connectivity index (χ2v) is 7.51. The Balaban J connectivity index is 1.88. The molecule has 1 aromatic heterocycles. The smallest absolute Gasteiger partial charge is 0.260 e. The van der Waals surface area contributed by atoms with E-state index in [1.54, 1.807) is 24.9 Å². The molecule has 3 rings (SSSR count). The zero-order valence-electron chi connectivity index (χ0n) is 10.7.